The Bertz CT molecular complexity index is 1470. The van der Waals surface area contributed by atoms with Gasteiger partial charge in [-0.25, -0.2) is 4.79 Å². The maximum Gasteiger partial charge on any atom is 0.327 e. The summed E-state index contributed by atoms with van der Waals surface area (Å²) in [6.45, 7) is 3.83. The van der Waals surface area contributed by atoms with E-state index in [1.54, 1.807) is 28.9 Å². The van der Waals surface area contributed by atoms with Crippen molar-refractivity contribution in [2.75, 3.05) is 5.32 Å². The maximum atomic E-state index is 11.5. The molecule has 4 aromatic rings. The number of H-pyrrole nitrogens is 2. The number of hydrogen-bond donors (Lipinski definition) is 3. The van der Waals surface area contributed by atoms with Gasteiger partial charge >= 0.3 is 11.7 Å². The Balaban J connectivity index is 1.63. The number of aromatic amines is 2. The van der Waals surface area contributed by atoms with E-state index < -0.39 is 0 Å². The lowest BCUT2D eigenvalue weighted by Gasteiger charge is -2.09. The second-order valence-electron chi connectivity index (χ2n) is 6.97. The highest BCUT2D eigenvalue weighted by Gasteiger charge is 2.24. The third-order valence-corrected chi connectivity index (χ3v) is 4.63. The Kier molecular flexibility index (Phi) is 4.10. The zero-order chi connectivity index (χ0) is 20.7. The van der Waals surface area contributed by atoms with Gasteiger partial charge in [0.15, 0.2) is 5.65 Å². The van der Waals surface area contributed by atoms with Crippen LogP contribution in [0.1, 0.15) is 24.0 Å². The van der Waals surface area contributed by atoms with Crippen molar-refractivity contribution in [3.8, 4) is 24.1 Å². The molecule has 0 amide bonds. The second-order valence-corrected chi connectivity index (χ2v) is 6.97. The molecule has 0 atom stereocenters. The molecular formula is C21H17N7O2. The van der Waals surface area contributed by atoms with Crippen molar-refractivity contribution in [2.45, 2.75) is 18.9 Å². The quantitative estimate of drug-likeness (QED) is 0.427. The van der Waals surface area contributed by atoms with Gasteiger partial charge in [0.25, 0.3) is 0 Å². The number of nitrogens with one attached hydrogen (secondary N) is 3. The van der Waals surface area contributed by atoms with E-state index in [1.165, 1.54) is 0 Å². The minimum atomic E-state index is -0.328. The molecule has 9 nitrogen and oxygen atoms in total. The van der Waals surface area contributed by atoms with Gasteiger partial charge in [0.1, 0.15) is 5.75 Å². The number of aromatic nitrogens is 6. The molecule has 1 aromatic carbocycles. The third kappa shape index (κ3) is 3.42. The zero-order valence-electron chi connectivity index (χ0n) is 15.8. The number of imidazole rings is 1. The minimum absolute atomic E-state index is 0.160. The SMILES string of the molecule is C#Cc1cccc(Oc2nc(NC3CC3)n3ncc(/C=c4\[nH]c(=O)[nH]c4=C)c3n2)c1. The van der Waals surface area contributed by atoms with Gasteiger partial charge in [0.2, 0.25) is 5.95 Å². The number of hydrogen-bond acceptors (Lipinski definition) is 6. The van der Waals surface area contributed by atoms with Crippen molar-refractivity contribution in [1.29, 1.82) is 0 Å². The summed E-state index contributed by atoms with van der Waals surface area (Å²) in [7, 11) is 0. The van der Waals surface area contributed by atoms with E-state index in [1.807, 2.05) is 12.1 Å². The first-order chi connectivity index (χ1) is 14.6. The molecule has 0 bridgehead atoms. The summed E-state index contributed by atoms with van der Waals surface area (Å²) >= 11 is 0. The van der Waals surface area contributed by atoms with Gasteiger partial charge in [-0.15, -0.1) is 6.42 Å². The van der Waals surface area contributed by atoms with Crippen molar-refractivity contribution >= 4 is 24.3 Å². The number of terminal acetylenes is 1. The predicted octanol–water partition coefficient (Wildman–Crippen LogP) is 0.728. The van der Waals surface area contributed by atoms with Crippen LogP contribution in [-0.4, -0.2) is 35.6 Å². The van der Waals surface area contributed by atoms with Crippen LogP contribution in [0.5, 0.6) is 11.8 Å². The first-order valence-electron chi connectivity index (χ1n) is 9.35. The number of rotatable bonds is 5. The van der Waals surface area contributed by atoms with Crippen molar-refractivity contribution in [3.63, 3.8) is 0 Å². The Morgan fingerprint density at radius 3 is 2.93 bits per heavy atom. The average molecular weight is 399 g/mol. The lowest BCUT2D eigenvalue weighted by Crippen LogP contribution is -2.22. The van der Waals surface area contributed by atoms with Gasteiger partial charge in [-0.1, -0.05) is 18.6 Å². The summed E-state index contributed by atoms with van der Waals surface area (Å²) in [5.74, 6) is 3.64. The number of benzene rings is 1. The van der Waals surface area contributed by atoms with Gasteiger partial charge in [-0.05, 0) is 37.1 Å². The first kappa shape index (κ1) is 17.8. The molecule has 0 spiro atoms. The minimum Gasteiger partial charge on any atom is -0.424 e. The third-order valence-electron chi connectivity index (χ3n) is 4.63. The molecule has 0 radical (unpaired) electrons. The van der Waals surface area contributed by atoms with Crippen LogP contribution in [0.15, 0.2) is 35.3 Å². The monoisotopic (exact) mass is 399 g/mol. The normalized spacial score (nSPS) is 14.0. The largest absolute Gasteiger partial charge is 0.424 e. The fraction of sp³-hybridized carbons (Fsp3) is 0.143. The lowest BCUT2D eigenvalue weighted by molar-refractivity contribution is 0.441. The van der Waals surface area contributed by atoms with Crippen LogP contribution in [0.25, 0.3) is 18.3 Å². The van der Waals surface area contributed by atoms with Crippen LogP contribution < -0.4 is 26.4 Å². The molecular weight excluding hydrogens is 382 g/mol. The fourth-order valence-electron chi connectivity index (χ4n) is 2.99. The van der Waals surface area contributed by atoms with Gasteiger partial charge in [-0.2, -0.15) is 19.6 Å². The predicted molar refractivity (Wildman–Crippen MR) is 112 cm³/mol. The molecule has 3 N–H and O–H groups in total. The summed E-state index contributed by atoms with van der Waals surface area (Å²) in [5, 5.41) is 8.78. The van der Waals surface area contributed by atoms with Crippen LogP contribution in [-0.2, 0) is 0 Å². The molecule has 30 heavy (non-hydrogen) atoms. The molecule has 9 heteroatoms. The van der Waals surface area contributed by atoms with Gasteiger partial charge in [0.05, 0.1) is 16.9 Å². The van der Waals surface area contributed by atoms with Crippen LogP contribution in [0, 0.1) is 12.3 Å². The van der Waals surface area contributed by atoms with Gasteiger partial charge in [-0.3, -0.25) is 0 Å². The topological polar surface area (TPSA) is 113 Å². The van der Waals surface area contributed by atoms with Crippen LogP contribution in [0.4, 0.5) is 5.95 Å². The highest BCUT2D eigenvalue weighted by atomic mass is 16.5. The van der Waals surface area contributed by atoms with E-state index in [9.17, 15) is 4.79 Å². The van der Waals surface area contributed by atoms with E-state index in [0.717, 1.165) is 12.8 Å². The number of nitrogens with zero attached hydrogens (tertiary/aromatic N) is 4. The standard InChI is InChI=1S/C21H17N7O2/c1-3-13-5-4-6-16(9-13)30-21-26-18-14(10-17-12(2)23-20(29)25-17)11-22-28(18)19(27-21)24-15-7-8-15/h1,4-6,9-11,15H,2,7-8H2,(H2,23,25,29)(H,24,26,27)/b17-10-. The Hall–Kier alpha value is -4.32. The maximum absolute atomic E-state index is 11.5. The second kappa shape index (κ2) is 6.93. The van der Waals surface area contributed by atoms with Crippen molar-refractivity contribution in [3.05, 3.63) is 62.8 Å². The van der Waals surface area contributed by atoms with Crippen LogP contribution >= 0.6 is 0 Å². The average Bonchev–Trinajstić information content (AvgIpc) is 3.37. The molecule has 148 valence electrons. The molecule has 0 unspecified atom stereocenters. The van der Waals surface area contributed by atoms with Crippen molar-refractivity contribution in [1.82, 2.24) is 29.5 Å². The summed E-state index contributed by atoms with van der Waals surface area (Å²) in [6, 6.07) is 7.66. The lowest BCUT2D eigenvalue weighted by atomic mass is 10.2. The van der Waals surface area contributed by atoms with Crippen LogP contribution in [0.2, 0.25) is 0 Å². The molecule has 1 fully saturated rings. The van der Waals surface area contributed by atoms with E-state index >= 15 is 0 Å². The first-order valence-corrected chi connectivity index (χ1v) is 9.35. The molecule has 1 aliphatic carbocycles. The molecule has 3 aromatic heterocycles. The highest BCUT2D eigenvalue weighted by molar-refractivity contribution is 5.66. The summed E-state index contributed by atoms with van der Waals surface area (Å²) in [5.41, 5.74) is 1.57. The summed E-state index contributed by atoms with van der Waals surface area (Å²) < 4.78 is 7.50. The Labute approximate surface area is 170 Å². The highest BCUT2D eigenvalue weighted by Crippen LogP contribution is 2.27. The van der Waals surface area contributed by atoms with Gasteiger partial charge < -0.3 is 20.0 Å². The fourth-order valence-corrected chi connectivity index (χ4v) is 2.99. The summed E-state index contributed by atoms with van der Waals surface area (Å²) in [4.78, 5) is 25.8. The summed E-state index contributed by atoms with van der Waals surface area (Å²) in [6.07, 6.45) is 11.0. The Morgan fingerprint density at radius 2 is 2.20 bits per heavy atom. The van der Waals surface area contributed by atoms with E-state index in [4.69, 9.17) is 11.2 Å². The Morgan fingerprint density at radius 1 is 1.33 bits per heavy atom. The molecule has 1 aliphatic rings. The van der Waals surface area contributed by atoms with Crippen molar-refractivity contribution in [2.24, 2.45) is 0 Å². The number of fused-ring (bicyclic) bond motifs is 1. The smallest absolute Gasteiger partial charge is 0.327 e. The van der Waals surface area contributed by atoms with E-state index in [-0.39, 0.29) is 11.7 Å². The van der Waals surface area contributed by atoms with E-state index in [2.05, 4.69) is 42.9 Å². The molecule has 0 aliphatic heterocycles. The zero-order valence-corrected chi connectivity index (χ0v) is 15.8. The van der Waals surface area contributed by atoms with E-state index in [0.29, 0.717) is 45.2 Å². The van der Waals surface area contributed by atoms with Crippen LogP contribution in [0.3, 0.4) is 0 Å². The molecule has 3 heterocycles. The van der Waals surface area contributed by atoms with Crippen molar-refractivity contribution < 1.29 is 4.74 Å². The van der Waals surface area contributed by atoms with Gasteiger partial charge in [0, 0.05) is 17.2 Å². The number of anilines is 1. The molecule has 0 saturated heterocycles. The molecule has 5 rings (SSSR count). The molecule has 1 saturated carbocycles. The number of ether oxygens (including phenoxy) is 1.